The molecule has 1 aliphatic rings. The lowest BCUT2D eigenvalue weighted by Gasteiger charge is -2.16. The maximum Gasteiger partial charge on any atom is 0.211 e. The van der Waals surface area contributed by atoms with Crippen LogP contribution in [0.1, 0.15) is 21.5 Å². The second kappa shape index (κ2) is 5.29. The molecule has 0 unspecified atom stereocenters. The molecule has 0 aliphatic carbocycles. The van der Waals surface area contributed by atoms with Crippen LogP contribution >= 0.6 is 0 Å². The van der Waals surface area contributed by atoms with Crippen LogP contribution in [0.5, 0.6) is 5.75 Å². The van der Waals surface area contributed by atoms with Crippen molar-refractivity contribution in [2.45, 2.75) is 6.42 Å². The van der Waals surface area contributed by atoms with Gasteiger partial charge in [0.1, 0.15) is 11.5 Å². The summed E-state index contributed by atoms with van der Waals surface area (Å²) in [5, 5.41) is 0. The number of ether oxygens (including phenoxy) is 1. The molecule has 1 aliphatic heterocycles. The van der Waals surface area contributed by atoms with Crippen LogP contribution in [0.2, 0.25) is 0 Å². The fourth-order valence-corrected chi connectivity index (χ4v) is 2.44. The summed E-state index contributed by atoms with van der Waals surface area (Å²) in [6.07, 6.45) is 0.894. The van der Waals surface area contributed by atoms with Gasteiger partial charge < -0.3 is 4.74 Å². The van der Waals surface area contributed by atoms with Crippen LogP contribution in [0.3, 0.4) is 0 Å². The van der Waals surface area contributed by atoms with E-state index in [0.717, 1.165) is 12.0 Å². The molecule has 0 saturated carbocycles. The lowest BCUT2D eigenvalue weighted by Crippen LogP contribution is -2.22. The lowest BCUT2D eigenvalue weighted by molar-refractivity contribution is 0.106. The van der Waals surface area contributed by atoms with Crippen molar-refractivity contribution in [3.63, 3.8) is 0 Å². The molecular weight excluding hydrogens is 250 g/mol. The molecule has 2 aromatic rings. The van der Waals surface area contributed by atoms with Crippen LogP contribution in [0.25, 0.3) is 0 Å². The number of ketones is 1. The van der Waals surface area contributed by atoms with E-state index in [1.165, 1.54) is 5.56 Å². The SMILES string of the molecule is COc1cccc(C(=O)C2=NCCc3ccccc32)c1. The van der Waals surface area contributed by atoms with Gasteiger partial charge in [0, 0.05) is 17.7 Å². The van der Waals surface area contributed by atoms with Crippen LogP contribution in [0.15, 0.2) is 53.5 Å². The summed E-state index contributed by atoms with van der Waals surface area (Å²) in [6, 6.07) is 15.2. The minimum absolute atomic E-state index is 0.0453. The van der Waals surface area contributed by atoms with Gasteiger partial charge in [-0.15, -0.1) is 0 Å². The van der Waals surface area contributed by atoms with E-state index in [4.69, 9.17) is 4.74 Å². The molecule has 3 nitrogen and oxygen atoms in total. The van der Waals surface area contributed by atoms with Crippen molar-refractivity contribution in [3.8, 4) is 5.75 Å². The average Bonchev–Trinajstić information content (AvgIpc) is 2.53. The Bertz CT molecular complexity index is 689. The second-order valence-electron chi connectivity index (χ2n) is 4.70. The predicted molar refractivity (Wildman–Crippen MR) is 78.9 cm³/mol. The number of benzene rings is 2. The highest BCUT2D eigenvalue weighted by atomic mass is 16.5. The largest absolute Gasteiger partial charge is 0.497 e. The minimum atomic E-state index is -0.0453. The molecule has 0 atom stereocenters. The summed E-state index contributed by atoms with van der Waals surface area (Å²) >= 11 is 0. The molecule has 3 rings (SSSR count). The second-order valence-corrected chi connectivity index (χ2v) is 4.70. The molecule has 20 heavy (non-hydrogen) atoms. The van der Waals surface area contributed by atoms with Crippen LogP contribution < -0.4 is 4.74 Å². The van der Waals surface area contributed by atoms with Gasteiger partial charge in [0.05, 0.1) is 7.11 Å². The topological polar surface area (TPSA) is 38.7 Å². The Balaban J connectivity index is 2.00. The number of Topliss-reactive ketones (excluding diaryl/α,β-unsaturated/α-hetero) is 1. The van der Waals surface area contributed by atoms with Crippen molar-refractivity contribution >= 4 is 11.5 Å². The van der Waals surface area contributed by atoms with Gasteiger partial charge in [0.2, 0.25) is 5.78 Å². The zero-order chi connectivity index (χ0) is 13.9. The quantitative estimate of drug-likeness (QED) is 0.800. The van der Waals surface area contributed by atoms with E-state index in [1.807, 2.05) is 30.3 Å². The summed E-state index contributed by atoms with van der Waals surface area (Å²) in [4.78, 5) is 17.1. The van der Waals surface area contributed by atoms with Crippen molar-refractivity contribution in [2.75, 3.05) is 13.7 Å². The van der Waals surface area contributed by atoms with Crippen LogP contribution in [0.4, 0.5) is 0 Å². The summed E-state index contributed by atoms with van der Waals surface area (Å²) in [6.45, 7) is 0.669. The first-order valence-corrected chi connectivity index (χ1v) is 6.61. The van der Waals surface area contributed by atoms with Gasteiger partial charge in [-0.05, 0) is 24.1 Å². The molecule has 0 N–H and O–H groups in total. The third-order valence-corrected chi connectivity index (χ3v) is 3.47. The standard InChI is InChI=1S/C17H15NO2/c1-20-14-7-4-6-13(11-14)17(19)16-15-8-3-2-5-12(15)9-10-18-16/h2-8,11H,9-10H2,1H3. The Hall–Kier alpha value is -2.42. The predicted octanol–water partition coefficient (Wildman–Crippen LogP) is 2.92. The Morgan fingerprint density at radius 3 is 2.85 bits per heavy atom. The summed E-state index contributed by atoms with van der Waals surface area (Å²) in [7, 11) is 1.59. The molecule has 0 bridgehead atoms. The van der Waals surface area contributed by atoms with E-state index in [1.54, 1.807) is 19.2 Å². The number of carbonyl (C=O) groups excluding carboxylic acids is 1. The molecule has 0 aromatic heterocycles. The van der Waals surface area contributed by atoms with Gasteiger partial charge in [-0.3, -0.25) is 9.79 Å². The highest BCUT2D eigenvalue weighted by Crippen LogP contribution is 2.20. The van der Waals surface area contributed by atoms with Crippen molar-refractivity contribution in [1.82, 2.24) is 0 Å². The highest BCUT2D eigenvalue weighted by molar-refractivity contribution is 6.51. The molecule has 0 fully saturated rings. The van der Waals surface area contributed by atoms with Gasteiger partial charge >= 0.3 is 0 Å². The number of carbonyl (C=O) groups is 1. The summed E-state index contributed by atoms with van der Waals surface area (Å²) in [5.41, 5.74) is 3.31. The van der Waals surface area contributed by atoms with E-state index in [-0.39, 0.29) is 5.78 Å². The van der Waals surface area contributed by atoms with Crippen molar-refractivity contribution in [2.24, 2.45) is 4.99 Å². The zero-order valence-corrected chi connectivity index (χ0v) is 11.3. The minimum Gasteiger partial charge on any atom is -0.497 e. The molecule has 100 valence electrons. The molecule has 0 spiro atoms. The zero-order valence-electron chi connectivity index (χ0n) is 11.3. The number of nitrogens with zero attached hydrogens (tertiary/aromatic N) is 1. The van der Waals surface area contributed by atoms with Gasteiger partial charge in [-0.2, -0.15) is 0 Å². The average molecular weight is 265 g/mol. The number of fused-ring (bicyclic) bond motifs is 1. The van der Waals surface area contributed by atoms with Crippen molar-refractivity contribution < 1.29 is 9.53 Å². The van der Waals surface area contributed by atoms with E-state index in [0.29, 0.717) is 23.6 Å². The van der Waals surface area contributed by atoms with Gasteiger partial charge in [0.15, 0.2) is 0 Å². The number of aliphatic imine (C=N–C) groups is 1. The van der Waals surface area contributed by atoms with Gasteiger partial charge in [-0.25, -0.2) is 0 Å². The summed E-state index contributed by atoms with van der Waals surface area (Å²) in [5.74, 6) is 0.636. The first-order chi connectivity index (χ1) is 9.79. The molecule has 2 aromatic carbocycles. The number of rotatable bonds is 3. The van der Waals surface area contributed by atoms with E-state index in [2.05, 4.69) is 11.1 Å². The third-order valence-electron chi connectivity index (χ3n) is 3.47. The van der Waals surface area contributed by atoms with Crippen LogP contribution in [-0.4, -0.2) is 25.1 Å². The number of methoxy groups -OCH3 is 1. The highest BCUT2D eigenvalue weighted by Gasteiger charge is 2.21. The third kappa shape index (κ3) is 2.23. The monoisotopic (exact) mass is 265 g/mol. The first-order valence-electron chi connectivity index (χ1n) is 6.61. The Morgan fingerprint density at radius 1 is 1.15 bits per heavy atom. The maximum absolute atomic E-state index is 12.6. The molecule has 0 amide bonds. The van der Waals surface area contributed by atoms with E-state index < -0.39 is 0 Å². The van der Waals surface area contributed by atoms with Gasteiger partial charge in [0.25, 0.3) is 0 Å². The summed E-state index contributed by atoms with van der Waals surface area (Å²) < 4.78 is 5.17. The smallest absolute Gasteiger partial charge is 0.211 e. The van der Waals surface area contributed by atoms with E-state index in [9.17, 15) is 4.79 Å². The fraction of sp³-hybridized carbons (Fsp3) is 0.176. The van der Waals surface area contributed by atoms with Gasteiger partial charge in [-0.1, -0.05) is 36.4 Å². The van der Waals surface area contributed by atoms with Crippen molar-refractivity contribution in [3.05, 3.63) is 65.2 Å². The molecule has 1 heterocycles. The lowest BCUT2D eigenvalue weighted by atomic mass is 9.93. The number of hydrogen-bond donors (Lipinski definition) is 0. The van der Waals surface area contributed by atoms with Crippen molar-refractivity contribution in [1.29, 1.82) is 0 Å². The Labute approximate surface area is 117 Å². The Kier molecular flexibility index (Phi) is 3.33. The van der Waals surface area contributed by atoms with Crippen LogP contribution in [0, 0.1) is 0 Å². The molecule has 0 saturated heterocycles. The van der Waals surface area contributed by atoms with Crippen LogP contribution in [-0.2, 0) is 6.42 Å². The first kappa shape index (κ1) is 12.6. The normalized spacial score (nSPS) is 13.3. The molecule has 3 heteroatoms. The molecular formula is C17H15NO2. The molecule has 0 radical (unpaired) electrons. The maximum atomic E-state index is 12.6. The number of hydrogen-bond acceptors (Lipinski definition) is 3. The fourth-order valence-electron chi connectivity index (χ4n) is 2.44. The Morgan fingerprint density at radius 2 is 2.00 bits per heavy atom. The van der Waals surface area contributed by atoms with E-state index >= 15 is 0 Å².